The van der Waals surface area contributed by atoms with Crippen molar-refractivity contribution < 1.29 is 18.0 Å². The molecule has 0 bridgehead atoms. The minimum absolute atomic E-state index is 0.0223. The van der Waals surface area contributed by atoms with E-state index in [1.807, 2.05) is 0 Å². The summed E-state index contributed by atoms with van der Waals surface area (Å²) in [5.74, 6) is -0.915. The second-order valence-corrected chi connectivity index (χ2v) is 9.13. The van der Waals surface area contributed by atoms with Gasteiger partial charge in [0.15, 0.2) is 0 Å². The first-order chi connectivity index (χ1) is 11.1. The van der Waals surface area contributed by atoms with Crippen molar-refractivity contribution in [2.75, 3.05) is 16.6 Å². The first kappa shape index (κ1) is 18.4. The third-order valence-corrected chi connectivity index (χ3v) is 5.50. The van der Waals surface area contributed by atoms with Gasteiger partial charge in [-0.3, -0.25) is 9.59 Å². The molecule has 1 saturated heterocycles. The Labute approximate surface area is 143 Å². The lowest BCUT2D eigenvalue weighted by atomic mass is 9.91. The van der Waals surface area contributed by atoms with Crippen molar-refractivity contribution in [3.05, 3.63) is 29.8 Å². The smallest absolute Gasteiger partial charge is 0.251 e. The molecule has 1 aliphatic heterocycles. The molecule has 1 aromatic carbocycles. The van der Waals surface area contributed by atoms with Crippen LogP contribution in [0.1, 0.15) is 50.4 Å². The maximum absolute atomic E-state index is 12.2. The Kier molecular flexibility index (Phi) is 5.32. The van der Waals surface area contributed by atoms with Gasteiger partial charge in [-0.2, -0.15) is 0 Å². The number of nitrogens with zero attached hydrogens (tertiary/aromatic N) is 1. The highest BCUT2D eigenvalue weighted by Gasteiger charge is 2.36. The molecule has 0 unspecified atom stereocenters. The van der Waals surface area contributed by atoms with Crippen molar-refractivity contribution in [1.29, 1.82) is 0 Å². The zero-order valence-electron chi connectivity index (χ0n) is 14.3. The minimum atomic E-state index is -3.62. The van der Waals surface area contributed by atoms with Crippen LogP contribution in [-0.2, 0) is 14.8 Å². The molecule has 2 amide bonds. The summed E-state index contributed by atoms with van der Waals surface area (Å²) >= 11 is 0. The van der Waals surface area contributed by atoms with E-state index in [1.165, 1.54) is 12.1 Å². The monoisotopic (exact) mass is 352 g/mol. The molecule has 6 nitrogen and oxygen atoms in total. The topological polar surface area (TPSA) is 83.6 Å². The first-order valence-corrected chi connectivity index (χ1v) is 9.65. The Balaban J connectivity index is 2.05. The van der Waals surface area contributed by atoms with Gasteiger partial charge in [-0.1, -0.05) is 26.8 Å². The Hall–Kier alpha value is -1.89. The lowest BCUT2D eigenvalue weighted by Crippen LogP contribution is -2.30. The average Bonchev–Trinajstić information content (AvgIpc) is 2.76. The summed E-state index contributed by atoms with van der Waals surface area (Å²) in [7, 11) is -3.62. The van der Waals surface area contributed by atoms with Gasteiger partial charge in [0.05, 0.1) is 11.4 Å². The van der Waals surface area contributed by atoms with Crippen LogP contribution in [0, 0.1) is 5.41 Å². The van der Waals surface area contributed by atoms with Crippen LogP contribution in [-0.4, -0.2) is 32.5 Å². The molecule has 0 atom stereocenters. The van der Waals surface area contributed by atoms with E-state index in [0.29, 0.717) is 12.1 Å². The van der Waals surface area contributed by atoms with Gasteiger partial charge in [-0.25, -0.2) is 12.7 Å². The molecule has 1 fully saturated rings. The standard InChI is InChI=1S/C17H24N2O4S/c1-17(2,3)9-5-10-18-16(21)13-6-4-7-14(12-13)19-15(20)8-11-24(19,22)23/h4,6-7,12H,5,8-11H2,1-3H3,(H,18,21). The molecule has 1 aromatic rings. The summed E-state index contributed by atoms with van der Waals surface area (Å²) in [6.45, 7) is 6.99. The van der Waals surface area contributed by atoms with Gasteiger partial charge in [-0.15, -0.1) is 0 Å². The minimum Gasteiger partial charge on any atom is -0.352 e. The van der Waals surface area contributed by atoms with Crippen molar-refractivity contribution in [3.8, 4) is 0 Å². The van der Waals surface area contributed by atoms with Crippen molar-refractivity contribution in [2.24, 2.45) is 5.41 Å². The largest absolute Gasteiger partial charge is 0.352 e. The van der Waals surface area contributed by atoms with Crippen LogP contribution in [0.4, 0.5) is 5.69 Å². The van der Waals surface area contributed by atoms with Crippen LogP contribution in [0.3, 0.4) is 0 Å². The summed E-state index contributed by atoms with van der Waals surface area (Å²) in [5, 5.41) is 2.83. The normalized spacial score (nSPS) is 17.1. The lowest BCUT2D eigenvalue weighted by molar-refractivity contribution is -0.116. The molecule has 1 aliphatic rings. The highest BCUT2D eigenvalue weighted by atomic mass is 32.2. The summed E-state index contributed by atoms with van der Waals surface area (Å²) in [6, 6.07) is 6.16. The Morgan fingerprint density at radius 2 is 2.00 bits per heavy atom. The van der Waals surface area contributed by atoms with Crippen molar-refractivity contribution >= 4 is 27.5 Å². The number of benzene rings is 1. The number of hydrogen-bond acceptors (Lipinski definition) is 4. The van der Waals surface area contributed by atoms with Crippen LogP contribution >= 0.6 is 0 Å². The third kappa shape index (κ3) is 4.56. The van der Waals surface area contributed by atoms with E-state index < -0.39 is 15.9 Å². The second kappa shape index (κ2) is 6.93. The van der Waals surface area contributed by atoms with Crippen molar-refractivity contribution in [3.63, 3.8) is 0 Å². The molecule has 1 N–H and O–H groups in total. The van der Waals surface area contributed by atoms with E-state index in [9.17, 15) is 18.0 Å². The number of carbonyl (C=O) groups is 2. The molecular formula is C17H24N2O4S. The number of hydrogen-bond donors (Lipinski definition) is 1. The van der Waals surface area contributed by atoms with Gasteiger partial charge in [0.2, 0.25) is 15.9 Å². The van der Waals surface area contributed by atoms with Crippen molar-refractivity contribution in [2.45, 2.75) is 40.0 Å². The predicted molar refractivity (Wildman–Crippen MR) is 93.4 cm³/mol. The number of amides is 2. The Morgan fingerprint density at radius 1 is 1.29 bits per heavy atom. The molecular weight excluding hydrogens is 328 g/mol. The fourth-order valence-corrected chi connectivity index (χ4v) is 4.02. The lowest BCUT2D eigenvalue weighted by Gasteiger charge is -2.18. The van der Waals surface area contributed by atoms with E-state index in [4.69, 9.17) is 0 Å². The van der Waals surface area contributed by atoms with Gasteiger partial charge in [0.25, 0.3) is 5.91 Å². The van der Waals surface area contributed by atoms with Crippen LogP contribution in [0.25, 0.3) is 0 Å². The SMILES string of the molecule is CC(C)(C)CCCNC(=O)c1cccc(N2C(=O)CCS2(=O)=O)c1. The van der Waals surface area contributed by atoms with Gasteiger partial charge < -0.3 is 5.32 Å². The molecule has 132 valence electrons. The van der Waals surface area contributed by atoms with E-state index in [-0.39, 0.29) is 29.2 Å². The van der Waals surface area contributed by atoms with E-state index in [1.54, 1.807) is 12.1 Å². The molecule has 0 aliphatic carbocycles. The van der Waals surface area contributed by atoms with Gasteiger partial charge in [0, 0.05) is 18.5 Å². The third-order valence-electron chi connectivity index (χ3n) is 3.81. The molecule has 1 heterocycles. The average molecular weight is 352 g/mol. The molecule has 0 saturated carbocycles. The fourth-order valence-electron chi connectivity index (χ4n) is 2.57. The molecule has 0 aromatic heterocycles. The fraction of sp³-hybridized carbons (Fsp3) is 0.529. The Morgan fingerprint density at radius 3 is 2.58 bits per heavy atom. The van der Waals surface area contributed by atoms with Gasteiger partial charge in [-0.05, 0) is 36.5 Å². The molecule has 0 spiro atoms. The molecule has 7 heteroatoms. The maximum Gasteiger partial charge on any atom is 0.251 e. The van der Waals surface area contributed by atoms with E-state index >= 15 is 0 Å². The van der Waals surface area contributed by atoms with Gasteiger partial charge in [0.1, 0.15) is 0 Å². The number of nitrogens with one attached hydrogen (secondary N) is 1. The first-order valence-electron chi connectivity index (χ1n) is 8.04. The van der Waals surface area contributed by atoms with Crippen LogP contribution in [0.5, 0.6) is 0 Å². The quantitative estimate of drug-likeness (QED) is 0.824. The zero-order valence-corrected chi connectivity index (χ0v) is 15.1. The zero-order chi connectivity index (χ0) is 18.0. The maximum atomic E-state index is 12.2. The summed E-state index contributed by atoms with van der Waals surface area (Å²) < 4.78 is 24.7. The van der Waals surface area contributed by atoms with Crippen LogP contribution < -0.4 is 9.62 Å². The number of rotatable bonds is 5. The number of carbonyl (C=O) groups excluding carboxylic acids is 2. The summed E-state index contributed by atoms with van der Waals surface area (Å²) in [4.78, 5) is 24.0. The number of sulfonamides is 1. The molecule has 0 radical (unpaired) electrons. The Bertz CT molecular complexity index is 735. The summed E-state index contributed by atoms with van der Waals surface area (Å²) in [5.41, 5.74) is 0.785. The van der Waals surface area contributed by atoms with Gasteiger partial charge >= 0.3 is 0 Å². The van der Waals surface area contributed by atoms with E-state index in [2.05, 4.69) is 26.1 Å². The number of anilines is 1. The highest BCUT2D eigenvalue weighted by molar-refractivity contribution is 7.94. The predicted octanol–water partition coefficient (Wildman–Crippen LogP) is 2.31. The summed E-state index contributed by atoms with van der Waals surface area (Å²) in [6.07, 6.45) is 1.84. The van der Waals surface area contributed by atoms with Crippen LogP contribution in [0.15, 0.2) is 24.3 Å². The molecule has 2 rings (SSSR count). The second-order valence-electron chi connectivity index (χ2n) is 7.19. The highest BCUT2D eigenvalue weighted by Crippen LogP contribution is 2.26. The van der Waals surface area contributed by atoms with E-state index in [0.717, 1.165) is 17.1 Å². The van der Waals surface area contributed by atoms with Crippen molar-refractivity contribution in [1.82, 2.24) is 5.32 Å². The molecule has 24 heavy (non-hydrogen) atoms. The van der Waals surface area contributed by atoms with Crippen LogP contribution in [0.2, 0.25) is 0 Å².